The highest BCUT2D eigenvalue weighted by Crippen LogP contribution is 2.24. The number of rotatable bonds is 3. The van der Waals surface area contributed by atoms with Gasteiger partial charge in [-0.2, -0.15) is 0 Å². The van der Waals surface area contributed by atoms with Gasteiger partial charge in [0.1, 0.15) is 10.8 Å². The number of ether oxygens (including phenoxy) is 1. The molecule has 0 saturated carbocycles. The molecule has 1 aliphatic heterocycles. The predicted molar refractivity (Wildman–Crippen MR) is 83.9 cm³/mol. The fraction of sp³-hybridized carbons (Fsp3) is 0.250. The van der Waals surface area contributed by atoms with E-state index in [2.05, 4.69) is 4.98 Å². The van der Waals surface area contributed by atoms with Crippen LogP contribution in [0.25, 0.3) is 16.6 Å². The lowest BCUT2D eigenvalue weighted by Crippen LogP contribution is -2.39. The van der Waals surface area contributed by atoms with Crippen molar-refractivity contribution in [2.24, 2.45) is 0 Å². The first kappa shape index (κ1) is 14.9. The molecule has 0 N–H and O–H groups in total. The molecule has 0 bridgehead atoms. The van der Waals surface area contributed by atoms with Crippen molar-refractivity contribution in [2.45, 2.75) is 0 Å². The van der Waals surface area contributed by atoms with Crippen LogP contribution in [0.4, 0.5) is 4.39 Å². The highest BCUT2D eigenvalue weighted by atomic mass is 32.1. The van der Waals surface area contributed by atoms with Gasteiger partial charge in [-0.05, 0) is 30.3 Å². The summed E-state index contributed by atoms with van der Waals surface area (Å²) < 4.78 is 18.1. The molecule has 1 aromatic heterocycles. The van der Waals surface area contributed by atoms with E-state index < -0.39 is 0 Å². The molecule has 114 valence electrons. The van der Waals surface area contributed by atoms with Crippen LogP contribution in [0.3, 0.4) is 0 Å². The number of morpholine rings is 1. The SMILES string of the molecule is O=C(/C=C/c1csc(-c2ccc(F)cc2)n1)N1CCOCC1. The molecule has 22 heavy (non-hydrogen) atoms. The number of benzene rings is 1. The molecule has 6 heteroatoms. The Balaban J connectivity index is 1.67. The van der Waals surface area contributed by atoms with Crippen LogP contribution < -0.4 is 0 Å². The summed E-state index contributed by atoms with van der Waals surface area (Å²) in [6, 6.07) is 6.21. The number of halogens is 1. The Bertz CT molecular complexity index is 676. The topological polar surface area (TPSA) is 42.4 Å². The van der Waals surface area contributed by atoms with E-state index in [0.717, 1.165) is 16.3 Å². The maximum absolute atomic E-state index is 12.9. The van der Waals surface area contributed by atoms with Gasteiger partial charge < -0.3 is 9.64 Å². The van der Waals surface area contributed by atoms with Gasteiger partial charge >= 0.3 is 0 Å². The number of hydrogen-bond donors (Lipinski definition) is 0. The fourth-order valence-corrected chi connectivity index (χ4v) is 2.93. The summed E-state index contributed by atoms with van der Waals surface area (Å²) in [4.78, 5) is 18.2. The number of hydrogen-bond acceptors (Lipinski definition) is 4. The third-order valence-corrected chi connectivity index (χ3v) is 4.24. The molecule has 0 unspecified atom stereocenters. The number of carbonyl (C=O) groups excluding carboxylic acids is 1. The van der Waals surface area contributed by atoms with Gasteiger partial charge in [0.05, 0.1) is 18.9 Å². The zero-order valence-corrected chi connectivity index (χ0v) is 12.7. The van der Waals surface area contributed by atoms with E-state index >= 15 is 0 Å². The Morgan fingerprint density at radius 2 is 2.00 bits per heavy atom. The van der Waals surface area contributed by atoms with Crippen LogP contribution >= 0.6 is 11.3 Å². The van der Waals surface area contributed by atoms with Crippen LogP contribution in [-0.4, -0.2) is 42.1 Å². The van der Waals surface area contributed by atoms with Crippen molar-refractivity contribution in [3.63, 3.8) is 0 Å². The number of thiazole rings is 1. The molecule has 0 atom stereocenters. The predicted octanol–water partition coefficient (Wildman–Crippen LogP) is 2.82. The Morgan fingerprint density at radius 3 is 2.73 bits per heavy atom. The van der Waals surface area contributed by atoms with Crippen molar-refractivity contribution in [1.82, 2.24) is 9.88 Å². The molecule has 3 rings (SSSR count). The average Bonchev–Trinajstić information content (AvgIpc) is 3.03. The fourth-order valence-electron chi connectivity index (χ4n) is 2.13. The van der Waals surface area contributed by atoms with Gasteiger partial charge in [-0.15, -0.1) is 11.3 Å². The Labute approximate surface area is 131 Å². The Morgan fingerprint density at radius 1 is 1.27 bits per heavy atom. The minimum atomic E-state index is -0.267. The first-order valence-electron chi connectivity index (χ1n) is 6.98. The molecule has 0 radical (unpaired) electrons. The molecule has 4 nitrogen and oxygen atoms in total. The molecule has 1 fully saturated rings. The minimum Gasteiger partial charge on any atom is -0.378 e. The van der Waals surface area contributed by atoms with E-state index in [9.17, 15) is 9.18 Å². The van der Waals surface area contributed by atoms with E-state index in [1.807, 2.05) is 5.38 Å². The lowest BCUT2D eigenvalue weighted by Gasteiger charge is -2.25. The lowest BCUT2D eigenvalue weighted by molar-refractivity contribution is -0.129. The van der Waals surface area contributed by atoms with E-state index in [1.54, 1.807) is 23.1 Å². The highest BCUT2D eigenvalue weighted by Gasteiger charge is 2.14. The summed E-state index contributed by atoms with van der Waals surface area (Å²) in [5.74, 6) is -0.295. The van der Waals surface area contributed by atoms with E-state index in [4.69, 9.17) is 4.74 Å². The van der Waals surface area contributed by atoms with Gasteiger partial charge in [-0.25, -0.2) is 9.37 Å². The molecule has 0 spiro atoms. The smallest absolute Gasteiger partial charge is 0.246 e. The van der Waals surface area contributed by atoms with Gasteiger partial charge in [0, 0.05) is 30.1 Å². The van der Waals surface area contributed by atoms with Crippen molar-refractivity contribution in [2.75, 3.05) is 26.3 Å². The van der Waals surface area contributed by atoms with Crippen molar-refractivity contribution >= 4 is 23.3 Å². The third-order valence-electron chi connectivity index (χ3n) is 3.33. The normalized spacial score (nSPS) is 15.4. The summed E-state index contributed by atoms with van der Waals surface area (Å²) in [6.07, 6.45) is 3.25. The van der Waals surface area contributed by atoms with Crippen LogP contribution in [0.15, 0.2) is 35.7 Å². The van der Waals surface area contributed by atoms with Crippen molar-refractivity contribution < 1.29 is 13.9 Å². The molecule has 1 aromatic carbocycles. The highest BCUT2D eigenvalue weighted by molar-refractivity contribution is 7.13. The molecule has 1 saturated heterocycles. The first-order chi connectivity index (χ1) is 10.7. The summed E-state index contributed by atoms with van der Waals surface area (Å²) in [5.41, 5.74) is 1.59. The molecule has 2 heterocycles. The minimum absolute atomic E-state index is 0.0281. The number of aromatic nitrogens is 1. The monoisotopic (exact) mass is 318 g/mol. The maximum atomic E-state index is 12.9. The first-order valence-corrected chi connectivity index (χ1v) is 7.86. The van der Waals surface area contributed by atoms with Gasteiger partial charge in [-0.3, -0.25) is 4.79 Å². The van der Waals surface area contributed by atoms with Gasteiger partial charge in [-0.1, -0.05) is 0 Å². The molecule has 1 amide bonds. The average molecular weight is 318 g/mol. The molecular formula is C16H15FN2O2S. The lowest BCUT2D eigenvalue weighted by atomic mass is 10.2. The summed E-state index contributed by atoms with van der Waals surface area (Å²) in [7, 11) is 0. The summed E-state index contributed by atoms with van der Waals surface area (Å²) in [5, 5.41) is 2.68. The number of amides is 1. The molecular weight excluding hydrogens is 303 g/mol. The van der Waals surface area contributed by atoms with Gasteiger partial charge in [0.15, 0.2) is 0 Å². The van der Waals surface area contributed by atoms with Crippen LogP contribution in [-0.2, 0) is 9.53 Å². The quantitative estimate of drug-likeness (QED) is 0.817. The molecule has 0 aliphatic carbocycles. The van der Waals surface area contributed by atoms with Crippen LogP contribution in [0.2, 0.25) is 0 Å². The van der Waals surface area contributed by atoms with Crippen LogP contribution in [0.1, 0.15) is 5.69 Å². The third kappa shape index (κ3) is 3.58. The second kappa shape index (κ2) is 6.81. The van der Waals surface area contributed by atoms with E-state index in [0.29, 0.717) is 26.3 Å². The number of carbonyl (C=O) groups is 1. The van der Waals surface area contributed by atoms with Gasteiger partial charge in [0.2, 0.25) is 5.91 Å². The molecule has 2 aromatic rings. The second-order valence-electron chi connectivity index (χ2n) is 4.86. The van der Waals surface area contributed by atoms with Crippen LogP contribution in [0, 0.1) is 5.82 Å². The van der Waals surface area contributed by atoms with Crippen LogP contribution in [0.5, 0.6) is 0 Å². The van der Waals surface area contributed by atoms with Crippen molar-refractivity contribution in [3.05, 3.63) is 47.2 Å². The zero-order valence-electron chi connectivity index (χ0n) is 11.9. The van der Waals surface area contributed by atoms with Crippen molar-refractivity contribution in [1.29, 1.82) is 0 Å². The maximum Gasteiger partial charge on any atom is 0.246 e. The standard InChI is InChI=1S/C16H15FN2O2S/c17-13-3-1-12(2-4-13)16-18-14(11-22-16)5-6-15(20)19-7-9-21-10-8-19/h1-6,11H,7-10H2/b6-5+. The Hall–Kier alpha value is -2.05. The number of nitrogens with zero attached hydrogens (tertiary/aromatic N) is 2. The molecule has 1 aliphatic rings. The van der Waals surface area contributed by atoms with Crippen molar-refractivity contribution in [3.8, 4) is 10.6 Å². The summed E-state index contributed by atoms with van der Waals surface area (Å²) >= 11 is 1.47. The zero-order chi connectivity index (χ0) is 15.4. The second-order valence-corrected chi connectivity index (χ2v) is 5.71. The largest absolute Gasteiger partial charge is 0.378 e. The van der Waals surface area contributed by atoms with Gasteiger partial charge in [0.25, 0.3) is 0 Å². The van der Waals surface area contributed by atoms with E-state index in [-0.39, 0.29) is 11.7 Å². The van der Waals surface area contributed by atoms with E-state index in [1.165, 1.54) is 29.5 Å². The summed E-state index contributed by atoms with van der Waals surface area (Å²) in [6.45, 7) is 2.43. The Kier molecular flexibility index (Phi) is 4.60.